The van der Waals surface area contributed by atoms with Crippen molar-refractivity contribution in [1.82, 2.24) is 15.5 Å². The number of non-ortho nitro benzene ring substituents is 1. The molecular weight excluding hydrogens is 473 g/mol. The Bertz CT molecular complexity index is 604. The smallest absolute Gasteiger partial charge is 0.269 e. The second kappa shape index (κ2) is 13.7. The van der Waals surface area contributed by atoms with Gasteiger partial charge in [0.1, 0.15) is 0 Å². The van der Waals surface area contributed by atoms with E-state index >= 15 is 0 Å². The van der Waals surface area contributed by atoms with E-state index in [-0.39, 0.29) is 34.6 Å². The third-order valence-corrected chi connectivity index (χ3v) is 4.41. The molecule has 0 unspecified atom stereocenters. The summed E-state index contributed by atoms with van der Waals surface area (Å²) in [7, 11) is 0. The monoisotopic (exact) mass is 505 g/mol. The number of guanidine groups is 1. The van der Waals surface area contributed by atoms with Crippen LogP contribution in [0.15, 0.2) is 29.3 Å². The van der Waals surface area contributed by atoms with E-state index < -0.39 is 0 Å². The maximum absolute atomic E-state index is 10.7. The van der Waals surface area contributed by atoms with Crippen LogP contribution in [0.3, 0.4) is 0 Å². The number of halogens is 1. The minimum atomic E-state index is -0.390. The first-order chi connectivity index (χ1) is 13.0. The number of benzene rings is 1. The molecule has 2 rings (SSSR count). The highest BCUT2D eigenvalue weighted by molar-refractivity contribution is 14.0. The number of hydrogen-bond acceptors (Lipinski definition) is 5. The summed E-state index contributed by atoms with van der Waals surface area (Å²) in [6.45, 7) is 11.0. The maximum atomic E-state index is 10.7. The predicted octanol–water partition coefficient (Wildman–Crippen LogP) is 2.63. The summed E-state index contributed by atoms with van der Waals surface area (Å²) < 4.78 is 5.37. The van der Waals surface area contributed by atoms with Crippen LogP contribution < -0.4 is 10.6 Å². The van der Waals surface area contributed by atoms with Gasteiger partial charge in [-0.1, -0.05) is 26.0 Å². The highest BCUT2D eigenvalue weighted by Crippen LogP contribution is 2.12. The van der Waals surface area contributed by atoms with Gasteiger partial charge in [-0.15, -0.1) is 24.0 Å². The van der Waals surface area contributed by atoms with Crippen LogP contribution in [0, 0.1) is 16.0 Å². The Morgan fingerprint density at radius 1 is 1.21 bits per heavy atom. The molecule has 1 saturated heterocycles. The van der Waals surface area contributed by atoms with Crippen molar-refractivity contribution in [1.29, 1.82) is 0 Å². The topological polar surface area (TPSA) is 92.0 Å². The Labute approximate surface area is 184 Å². The van der Waals surface area contributed by atoms with E-state index in [4.69, 9.17) is 4.74 Å². The number of aliphatic imine (C=N–C) groups is 1. The Morgan fingerprint density at radius 2 is 1.86 bits per heavy atom. The number of nitro groups is 1. The molecule has 1 aliphatic heterocycles. The first-order valence-electron chi connectivity index (χ1n) is 9.60. The molecule has 0 radical (unpaired) electrons. The van der Waals surface area contributed by atoms with Crippen molar-refractivity contribution >= 4 is 35.6 Å². The normalized spacial score (nSPS) is 15.2. The highest BCUT2D eigenvalue weighted by Gasteiger charge is 2.10. The van der Waals surface area contributed by atoms with Crippen LogP contribution in [-0.2, 0) is 11.3 Å². The average molecular weight is 505 g/mol. The lowest BCUT2D eigenvalue weighted by Gasteiger charge is -2.26. The minimum absolute atomic E-state index is 0. The van der Waals surface area contributed by atoms with Gasteiger partial charge in [0.05, 0.1) is 24.7 Å². The van der Waals surface area contributed by atoms with E-state index in [1.165, 1.54) is 12.1 Å². The van der Waals surface area contributed by atoms with Crippen LogP contribution in [0.4, 0.5) is 5.69 Å². The lowest BCUT2D eigenvalue weighted by molar-refractivity contribution is -0.384. The van der Waals surface area contributed by atoms with Crippen molar-refractivity contribution in [3.8, 4) is 0 Å². The lowest BCUT2D eigenvalue weighted by Crippen LogP contribution is -2.44. The maximum Gasteiger partial charge on any atom is 0.269 e. The van der Waals surface area contributed by atoms with E-state index in [1.807, 2.05) is 0 Å². The largest absolute Gasteiger partial charge is 0.379 e. The fourth-order valence-electron chi connectivity index (χ4n) is 2.70. The highest BCUT2D eigenvalue weighted by atomic mass is 127. The zero-order chi connectivity index (χ0) is 19.5. The summed E-state index contributed by atoms with van der Waals surface area (Å²) in [6.07, 6.45) is 1.07. The van der Waals surface area contributed by atoms with Gasteiger partial charge in [0.25, 0.3) is 5.69 Å². The lowest BCUT2D eigenvalue weighted by atomic mass is 10.1. The Hall–Kier alpha value is -1.46. The molecule has 28 heavy (non-hydrogen) atoms. The number of morpholine rings is 1. The van der Waals surface area contributed by atoms with Gasteiger partial charge in [0.15, 0.2) is 5.96 Å². The molecule has 0 atom stereocenters. The van der Waals surface area contributed by atoms with Gasteiger partial charge in [-0.25, -0.2) is 4.99 Å². The molecule has 158 valence electrons. The molecule has 1 aliphatic rings. The van der Waals surface area contributed by atoms with Crippen molar-refractivity contribution in [3.05, 3.63) is 39.9 Å². The molecule has 0 saturated carbocycles. The fraction of sp³-hybridized carbons (Fsp3) is 0.632. The molecule has 9 heteroatoms. The SMILES string of the molecule is CC(C)CCNC(=NCc1ccc([N+](=O)[O-])cc1)NCCN1CCOCC1.I. The Morgan fingerprint density at radius 3 is 2.46 bits per heavy atom. The fourth-order valence-corrected chi connectivity index (χ4v) is 2.70. The number of nitrogens with zero attached hydrogens (tertiary/aromatic N) is 3. The van der Waals surface area contributed by atoms with Gasteiger partial charge in [-0.05, 0) is 17.9 Å². The zero-order valence-corrected chi connectivity index (χ0v) is 19.1. The van der Waals surface area contributed by atoms with Gasteiger partial charge >= 0.3 is 0 Å². The van der Waals surface area contributed by atoms with Crippen LogP contribution >= 0.6 is 24.0 Å². The van der Waals surface area contributed by atoms with Gasteiger partial charge in [-0.3, -0.25) is 15.0 Å². The summed E-state index contributed by atoms with van der Waals surface area (Å²) in [6, 6.07) is 6.54. The van der Waals surface area contributed by atoms with E-state index in [2.05, 4.69) is 34.4 Å². The van der Waals surface area contributed by atoms with Crippen molar-refractivity contribution < 1.29 is 9.66 Å². The molecule has 1 fully saturated rings. The molecule has 0 bridgehead atoms. The van der Waals surface area contributed by atoms with Crippen molar-refractivity contribution in [2.75, 3.05) is 45.9 Å². The molecule has 0 aliphatic carbocycles. The Balaban J connectivity index is 0.00000392. The first kappa shape index (κ1) is 24.6. The molecule has 0 amide bonds. The van der Waals surface area contributed by atoms with Crippen LogP contribution in [0.25, 0.3) is 0 Å². The molecule has 1 aromatic rings. The summed E-state index contributed by atoms with van der Waals surface area (Å²) in [5.74, 6) is 1.41. The average Bonchev–Trinajstić information content (AvgIpc) is 2.66. The zero-order valence-electron chi connectivity index (χ0n) is 16.7. The van der Waals surface area contributed by atoms with Crippen LogP contribution in [0.2, 0.25) is 0 Å². The summed E-state index contributed by atoms with van der Waals surface area (Å²) in [5.41, 5.74) is 1.04. The van der Waals surface area contributed by atoms with Crippen LogP contribution in [0.5, 0.6) is 0 Å². The van der Waals surface area contributed by atoms with E-state index in [9.17, 15) is 10.1 Å². The van der Waals surface area contributed by atoms with Crippen molar-refractivity contribution in [2.24, 2.45) is 10.9 Å². The quantitative estimate of drug-likeness (QED) is 0.176. The molecule has 2 N–H and O–H groups in total. The molecule has 1 aromatic carbocycles. The van der Waals surface area contributed by atoms with Gasteiger partial charge in [-0.2, -0.15) is 0 Å². The minimum Gasteiger partial charge on any atom is -0.379 e. The Kier molecular flexibility index (Phi) is 12.0. The predicted molar refractivity (Wildman–Crippen MR) is 122 cm³/mol. The molecule has 8 nitrogen and oxygen atoms in total. The van der Waals surface area contributed by atoms with Gasteiger partial charge in [0, 0.05) is 44.9 Å². The third kappa shape index (κ3) is 9.65. The number of hydrogen-bond donors (Lipinski definition) is 2. The number of ether oxygens (including phenoxy) is 1. The first-order valence-corrected chi connectivity index (χ1v) is 9.60. The molecular formula is C19H32IN5O3. The standard InChI is InChI=1S/C19H31N5O3.HI/c1-16(2)7-8-20-19(21-9-10-23-11-13-27-14-12-23)22-15-17-3-5-18(6-4-17)24(25)26;/h3-6,16H,7-15H2,1-2H3,(H2,20,21,22);1H. The number of nitrogens with one attached hydrogen (secondary N) is 2. The van der Waals surface area contributed by atoms with E-state index in [0.29, 0.717) is 12.5 Å². The van der Waals surface area contributed by atoms with Crippen molar-refractivity contribution in [3.63, 3.8) is 0 Å². The van der Waals surface area contributed by atoms with Crippen LogP contribution in [0.1, 0.15) is 25.8 Å². The van der Waals surface area contributed by atoms with E-state index in [0.717, 1.165) is 63.9 Å². The summed E-state index contributed by atoms with van der Waals surface area (Å²) in [5, 5.41) is 17.5. The van der Waals surface area contributed by atoms with Crippen LogP contribution in [-0.4, -0.2) is 61.7 Å². The second-order valence-corrected chi connectivity index (χ2v) is 7.08. The van der Waals surface area contributed by atoms with Gasteiger partial charge < -0.3 is 15.4 Å². The third-order valence-electron chi connectivity index (χ3n) is 4.41. The molecule has 0 aromatic heterocycles. The number of nitro benzene ring substituents is 1. The van der Waals surface area contributed by atoms with Gasteiger partial charge in [0.2, 0.25) is 0 Å². The summed E-state index contributed by atoms with van der Waals surface area (Å²) in [4.78, 5) is 17.4. The number of rotatable bonds is 9. The summed E-state index contributed by atoms with van der Waals surface area (Å²) >= 11 is 0. The van der Waals surface area contributed by atoms with E-state index in [1.54, 1.807) is 12.1 Å². The second-order valence-electron chi connectivity index (χ2n) is 7.08. The molecule has 1 heterocycles. The van der Waals surface area contributed by atoms with Crippen molar-refractivity contribution in [2.45, 2.75) is 26.8 Å². The molecule has 0 spiro atoms.